The number of carbonyl (C=O) groups excluding carboxylic acids is 2. The number of carboxylic acids is 1. The molecule has 2 aromatic rings. The summed E-state index contributed by atoms with van der Waals surface area (Å²) in [4.78, 5) is 39.8. The topological polar surface area (TPSA) is 103 Å². The minimum absolute atomic E-state index is 0.0884. The second-order valence-corrected chi connectivity index (χ2v) is 5.27. The molecule has 0 saturated heterocycles. The van der Waals surface area contributed by atoms with E-state index in [1.54, 1.807) is 13.8 Å². The number of benzene rings is 1. The Morgan fingerprint density at radius 2 is 1.32 bits per heavy atom. The summed E-state index contributed by atoms with van der Waals surface area (Å²) in [6.45, 7) is 3.27. The molecule has 7 heteroatoms. The first-order chi connectivity index (χ1) is 11.8. The zero-order valence-corrected chi connectivity index (χ0v) is 14.2. The lowest BCUT2D eigenvalue weighted by molar-refractivity contribution is 0.0597. The number of esters is 2. The van der Waals surface area contributed by atoms with E-state index in [0.717, 1.165) is 0 Å². The summed E-state index contributed by atoms with van der Waals surface area (Å²) in [5.74, 6) is -2.37. The Morgan fingerprint density at radius 3 is 1.68 bits per heavy atom. The molecule has 2 rings (SSSR count). The molecule has 0 radical (unpaired) electrons. The highest BCUT2D eigenvalue weighted by atomic mass is 16.5. The van der Waals surface area contributed by atoms with E-state index in [-0.39, 0.29) is 16.7 Å². The average molecular weight is 343 g/mol. The number of hydrogen-bond donors (Lipinski definition) is 1. The maximum Gasteiger partial charge on any atom is 0.340 e. The van der Waals surface area contributed by atoms with Crippen LogP contribution in [0.4, 0.5) is 0 Å². The van der Waals surface area contributed by atoms with Crippen molar-refractivity contribution in [1.29, 1.82) is 0 Å². The number of pyridine rings is 1. The van der Waals surface area contributed by atoms with Gasteiger partial charge in [-0.3, -0.25) is 4.98 Å². The second-order valence-electron chi connectivity index (χ2n) is 5.27. The van der Waals surface area contributed by atoms with E-state index in [1.165, 1.54) is 38.5 Å². The van der Waals surface area contributed by atoms with Gasteiger partial charge in [0.2, 0.25) is 0 Å². The molecular weight excluding hydrogens is 326 g/mol. The molecule has 0 aliphatic carbocycles. The maximum absolute atomic E-state index is 12.3. The van der Waals surface area contributed by atoms with Crippen LogP contribution in [-0.4, -0.2) is 42.2 Å². The summed E-state index contributed by atoms with van der Waals surface area (Å²) in [6, 6.07) is 5.84. The van der Waals surface area contributed by atoms with Gasteiger partial charge in [0.1, 0.15) is 0 Å². The number of carbonyl (C=O) groups is 3. The van der Waals surface area contributed by atoms with Gasteiger partial charge in [-0.05, 0) is 31.5 Å². The lowest BCUT2D eigenvalue weighted by Crippen LogP contribution is -2.16. The van der Waals surface area contributed by atoms with Crippen LogP contribution < -0.4 is 0 Å². The fourth-order valence-corrected chi connectivity index (χ4v) is 2.62. The van der Waals surface area contributed by atoms with Crippen molar-refractivity contribution < 1.29 is 29.0 Å². The summed E-state index contributed by atoms with van der Waals surface area (Å²) in [5.41, 5.74) is 1.95. The SMILES string of the molecule is COC(=O)c1c(C)nc(C)c(C(=O)OC)c1-c1ccc(C(=O)O)cc1. The Balaban J connectivity index is 2.85. The van der Waals surface area contributed by atoms with Crippen LogP contribution in [-0.2, 0) is 9.47 Å². The molecule has 0 atom stereocenters. The number of nitrogens with zero attached hydrogens (tertiary/aromatic N) is 1. The first-order valence-electron chi connectivity index (χ1n) is 7.33. The standard InChI is InChI=1S/C18H17NO6/c1-9-13(17(22)24-3)15(14(10(2)19-9)18(23)25-4)11-5-7-12(8-6-11)16(20)21/h5-8H,1-4H3,(H,20,21). The highest BCUT2D eigenvalue weighted by Crippen LogP contribution is 2.32. The third-order valence-corrected chi connectivity index (χ3v) is 3.76. The van der Waals surface area contributed by atoms with E-state index in [9.17, 15) is 14.4 Å². The van der Waals surface area contributed by atoms with E-state index < -0.39 is 17.9 Å². The first-order valence-corrected chi connectivity index (χ1v) is 7.33. The van der Waals surface area contributed by atoms with Gasteiger partial charge in [-0.25, -0.2) is 14.4 Å². The number of hydrogen-bond acceptors (Lipinski definition) is 6. The third kappa shape index (κ3) is 3.35. The molecule has 0 bridgehead atoms. The van der Waals surface area contributed by atoms with Crippen molar-refractivity contribution in [3.05, 3.63) is 52.3 Å². The molecule has 1 N–H and O–H groups in total. The number of methoxy groups -OCH3 is 2. The molecule has 1 aromatic carbocycles. The van der Waals surface area contributed by atoms with E-state index in [2.05, 4.69) is 4.98 Å². The fraction of sp³-hybridized carbons (Fsp3) is 0.222. The zero-order valence-electron chi connectivity index (χ0n) is 14.2. The minimum atomic E-state index is -1.07. The number of aromatic carboxylic acids is 1. The highest BCUT2D eigenvalue weighted by Gasteiger charge is 2.27. The van der Waals surface area contributed by atoms with Crippen LogP contribution in [0.2, 0.25) is 0 Å². The second kappa shape index (κ2) is 7.12. The predicted molar refractivity (Wildman–Crippen MR) is 88.8 cm³/mol. The van der Waals surface area contributed by atoms with Crippen molar-refractivity contribution in [1.82, 2.24) is 4.98 Å². The zero-order chi connectivity index (χ0) is 18.7. The quantitative estimate of drug-likeness (QED) is 0.851. The number of aromatic nitrogens is 1. The van der Waals surface area contributed by atoms with Crippen LogP contribution in [0.5, 0.6) is 0 Å². The Hall–Kier alpha value is -3.22. The van der Waals surface area contributed by atoms with E-state index in [1.807, 2.05) is 0 Å². The number of carboxylic acid groups (broad SMARTS) is 1. The van der Waals surface area contributed by atoms with Crippen LogP contribution in [0.1, 0.15) is 42.5 Å². The molecule has 0 aliphatic rings. The number of ether oxygens (including phenoxy) is 2. The normalized spacial score (nSPS) is 10.2. The van der Waals surface area contributed by atoms with Gasteiger partial charge in [0.05, 0.1) is 42.3 Å². The van der Waals surface area contributed by atoms with E-state index in [4.69, 9.17) is 14.6 Å². The molecule has 0 unspecified atom stereocenters. The molecule has 130 valence electrons. The van der Waals surface area contributed by atoms with Gasteiger partial charge in [-0.15, -0.1) is 0 Å². The Morgan fingerprint density at radius 1 is 0.880 bits per heavy atom. The summed E-state index contributed by atoms with van der Waals surface area (Å²) >= 11 is 0. The van der Waals surface area contributed by atoms with Gasteiger partial charge in [-0.1, -0.05) is 12.1 Å². The first kappa shape index (κ1) is 18.1. The summed E-state index contributed by atoms with van der Waals surface area (Å²) < 4.78 is 9.65. The highest BCUT2D eigenvalue weighted by molar-refractivity contribution is 6.07. The van der Waals surface area contributed by atoms with Crippen molar-refractivity contribution in [3.8, 4) is 11.1 Å². The van der Waals surface area contributed by atoms with Crippen LogP contribution in [0.25, 0.3) is 11.1 Å². The maximum atomic E-state index is 12.3. The van der Waals surface area contributed by atoms with E-state index in [0.29, 0.717) is 22.5 Å². The summed E-state index contributed by atoms with van der Waals surface area (Å²) in [7, 11) is 2.47. The monoisotopic (exact) mass is 343 g/mol. The van der Waals surface area contributed by atoms with Gasteiger partial charge >= 0.3 is 17.9 Å². The predicted octanol–water partition coefficient (Wildman–Crippen LogP) is 2.64. The number of rotatable bonds is 4. The molecule has 0 amide bonds. The fourth-order valence-electron chi connectivity index (χ4n) is 2.62. The average Bonchev–Trinajstić information content (AvgIpc) is 2.60. The molecule has 0 fully saturated rings. The Kier molecular flexibility index (Phi) is 5.17. The minimum Gasteiger partial charge on any atom is -0.478 e. The van der Waals surface area contributed by atoms with Crippen LogP contribution in [0, 0.1) is 13.8 Å². The van der Waals surface area contributed by atoms with Gasteiger partial charge in [0.25, 0.3) is 0 Å². The smallest absolute Gasteiger partial charge is 0.340 e. The van der Waals surface area contributed by atoms with Crippen LogP contribution in [0.15, 0.2) is 24.3 Å². The Bertz CT molecular complexity index is 815. The van der Waals surface area contributed by atoms with Crippen molar-refractivity contribution in [3.63, 3.8) is 0 Å². The van der Waals surface area contributed by atoms with Crippen LogP contribution >= 0.6 is 0 Å². The molecule has 0 aliphatic heterocycles. The molecule has 0 spiro atoms. The third-order valence-electron chi connectivity index (χ3n) is 3.76. The summed E-state index contributed by atoms with van der Waals surface area (Å²) in [6.07, 6.45) is 0. The van der Waals surface area contributed by atoms with Gasteiger partial charge < -0.3 is 14.6 Å². The number of aryl methyl sites for hydroxylation is 2. The lowest BCUT2D eigenvalue weighted by atomic mass is 9.92. The van der Waals surface area contributed by atoms with Crippen molar-refractivity contribution in [2.45, 2.75) is 13.8 Å². The Labute approximate surface area is 144 Å². The lowest BCUT2D eigenvalue weighted by Gasteiger charge is -2.17. The molecule has 25 heavy (non-hydrogen) atoms. The molecule has 1 aromatic heterocycles. The molecule has 0 saturated carbocycles. The van der Waals surface area contributed by atoms with Crippen molar-refractivity contribution >= 4 is 17.9 Å². The van der Waals surface area contributed by atoms with Gasteiger partial charge in [0, 0.05) is 5.56 Å². The van der Waals surface area contributed by atoms with Gasteiger partial charge in [-0.2, -0.15) is 0 Å². The van der Waals surface area contributed by atoms with Crippen molar-refractivity contribution in [2.75, 3.05) is 14.2 Å². The molecule has 1 heterocycles. The molecular formula is C18H17NO6. The van der Waals surface area contributed by atoms with Gasteiger partial charge in [0.15, 0.2) is 0 Å². The van der Waals surface area contributed by atoms with E-state index >= 15 is 0 Å². The largest absolute Gasteiger partial charge is 0.478 e. The van der Waals surface area contributed by atoms with Crippen molar-refractivity contribution in [2.24, 2.45) is 0 Å². The van der Waals surface area contributed by atoms with Crippen LogP contribution in [0.3, 0.4) is 0 Å². The summed E-state index contributed by atoms with van der Waals surface area (Å²) in [5, 5.41) is 9.04. The molecule has 7 nitrogen and oxygen atoms in total.